The number of rotatable bonds is 7. The van der Waals surface area contributed by atoms with Gasteiger partial charge in [-0.15, -0.1) is 0 Å². The van der Waals surface area contributed by atoms with Gasteiger partial charge in [0.25, 0.3) is 0 Å². The molecule has 238 valence electrons. The predicted molar refractivity (Wildman–Crippen MR) is 156 cm³/mol. The van der Waals surface area contributed by atoms with Crippen LogP contribution in [0.15, 0.2) is 42.7 Å². The van der Waals surface area contributed by atoms with Crippen LogP contribution >= 0.6 is 0 Å². The summed E-state index contributed by atoms with van der Waals surface area (Å²) in [6.45, 7) is 3.08. The fourth-order valence-electron chi connectivity index (χ4n) is 5.67. The number of piperidine rings is 1. The van der Waals surface area contributed by atoms with Gasteiger partial charge in [-0.05, 0) is 48.7 Å². The quantitative estimate of drug-likeness (QED) is 0.209. The van der Waals surface area contributed by atoms with Crippen molar-refractivity contribution >= 4 is 34.6 Å². The second kappa shape index (κ2) is 12.7. The molecule has 0 atom stereocenters. The molecule has 0 aliphatic carbocycles. The van der Waals surface area contributed by atoms with Crippen LogP contribution in [0.1, 0.15) is 48.9 Å². The van der Waals surface area contributed by atoms with E-state index in [2.05, 4.69) is 15.4 Å². The molecular weight excluding hydrogens is 601 g/mol. The lowest BCUT2D eigenvalue weighted by molar-refractivity contribution is -0.137. The van der Waals surface area contributed by atoms with Crippen LogP contribution in [-0.4, -0.2) is 51.6 Å². The highest BCUT2D eigenvalue weighted by molar-refractivity contribution is 6.00. The average molecular weight is 632 g/mol. The van der Waals surface area contributed by atoms with Gasteiger partial charge in [0.05, 0.1) is 29.2 Å². The van der Waals surface area contributed by atoms with E-state index in [0.29, 0.717) is 72.8 Å². The molecule has 0 unspecified atom stereocenters. The Morgan fingerprint density at radius 1 is 1.04 bits per heavy atom. The normalized spacial score (nSPS) is 14.2. The van der Waals surface area contributed by atoms with Crippen LogP contribution in [0, 0.1) is 11.6 Å². The van der Waals surface area contributed by atoms with Crippen molar-refractivity contribution in [1.29, 1.82) is 0 Å². The van der Waals surface area contributed by atoms with E-state index in [1.54, 1.807) is 4.52 Å². The van der Waals surface area contributed by atoms with Gasteiger partial charge in [-0.25, -0.2) is 23.1 Å². The number of amides is 3. The molecule has 45 heavy (non-hydrogen) atoms. The van der Waals surface area contributed by atoms with Crippen molar-refractivity contribution in [3.05, 3.63) is 71.2 Å². The van der Waals surface area contributed by atoms with Crippen molar-refractivity contribution in [3.8, 4) is 11.1 Å². The molecule has 1 aliphatic rings. The Bertz CT molecular complexity index is 1750. The topological polar surface area (TPSA) is 127 Å². The molecule has 0 radical (unpaired) electrons. The number of aromatic nitrogens is 3. The minimum Gasteiger partial charge on any atom is -0.382 e. The maximum atomic E-state index is 15.5. The summed E-state index contributed by atoms with van der Waals surface area (Å²) in [5.41, 5.74) is 6.97. The minimum atomic E-state index is -4.76. The maximum Gasteiger partial charge on any atom is 0.416 e. The number of fused-ring (bicyclic) bond motifs is 1. The number of alkyl halides is 3. The molecule has 15 heteroatoms. The Morgan fingerprint density at radius 3 is 2.40 bits per heavy atom. The van der Waals surface area contributed by atoms with Crippen molar-refractivity contribution in [2.24, 2.45) is 0 Å². The maximum absolute atomic E-state index is 15.5. The van der Waals surface area contributed by atoms with Crippen molar-refractivity contribution in [2.45, 2.75) is 44.9 Å². The number of nitrogens with one attached hydrogen (secondary N) is 2. The van der Waals surface area contributed by atoms with Crippen LogP contribution in [0.2, 0.25) is 0 Å². The molecule has 5 rings (SSSR count). The Balaban J connectivity index is 1.47. The zero-order chi connectivity index (χ0) is 32.5. The molecule has 2 aromatic carbocycles. The van der Waals surface area contributed by atoms with E-state index in [9.17, 15) is 27.2 Å². The highest BCUT2D eigenvalue weighted by Crippen LogP contribution is 2.42. The zero-order valence-electron chi connectivity index (χ0n) is 24.3. The van der Waals surface area contributed by atoms with Gasteiger partial charge in [-0.1, -0.05) is 13.0 Å². The van der Waals surface area contributed by atoms with Gasteiger partial charge in [0, 0.05) is 43.7 Å². The summed E-state index contributed by atoms with van der Waals surface area (Å²) in [5, 5.41) is 8.64. The Kier molecular flexibility index (Phi) is 8.91. The Labute approximate surface area is 254 Å². The van der Waals surface area contributed by atoms with Gasteiger partial charge in [0.2, 0.25) is 5.91 Å². The van der Waals surface area contributed by atoms with Gasteiger partial charge in [0.15, 0.2) is 5.82 Å². The molecular formula is C30H30F5N7O3. The third-order valence-electron chi connectivity index (χ3n) is 7.77. The van der Waals surface area contributed by atoms with E-state index < -0.39 is 35.1 Å². The second-order valence-corrected chi connectivity index (χ2v) is 10.6. The van der Waals surface area contributed by atoms with E-state index in [4.69, 9.17) is 10.5 Å². The number of carbonyl (C=O) groups excluding carboxylic acids is 2. The Morgan fingerprint density at radius 2 is 1.76 bits per heavy atom. The number of ether oxygens (including phenoxy) is 1. The highest BCUT2D eigenvalue weighted by atomic mass is 19.4. The number of methoxy groups -OCH3 is 1. The summed E-state index contributed by atoms with van der Waals surface area (Å²) in [6.07, 6.45) is -1.69. The van der Waals surface area contributed by atoms with E-state index in [-0.39, 0.29) is 29.9 Å². The molecule has 3 heterocycles. The summed E-state index contributed by atoms with van der Waals surface area (Å²) < 4.78 is 75.9. The van der Waals surface area contributed by atoms with Crippen molar-refractivity contribution in [1.82, 2.24) is 19.5 Å². The largest absolute Gasteiger partial charge is 0.416 e. The van der Waals surface area contributed by atoms with E-state index >= 15 is 4.39 Å². The van der Waals surface area contributed by atoms with Gasteiger partial charge in [0.1, 0.15) is 23.5 Å². The lowest BCUT2D eigenvalue weighted by Crippen LogP contribution is -2.37. The van der Waals surface area contributed by atoms with Gasteiger partial charge in [-0.2, -0.15) is 18.3 Å². The van der Waals surface area contributed by atoms with E-state index in [0.717, 1.165) is 11.8 Å². The fourth-order valence-corrected chi connectivity index (χ4v) is 5.67. The number of carbonyl (C=O) groups is 2. The molecule has 1 fully saturated rings. The summed E-state index contributed by atoms with van der Waals surface area (Å²) >= 11 is 0. The molecule has 0 bridgehead atoms. The van der Waals surface area contributed by atoms with Crippen LogP contribution in [0.5, 0.6) is 0 Å². The smallest absolute Gasteiger partial charge is 0.382 e. The standard InChI is InChI=1S/C30H30F5N7O3/c1-3-24(43)41-10-8-16(9-11-41)26-19(14-45-2)25(27-28(36)37-15-38-42(26)27)17-4-7-22(21(32)12-17)39-29(44)40-23-13-18(30(33,34)35)5-6-20(23)31/h4-7,12-13,15-16H,3,8-11,14H2,1-2H3,(H2,36,37,38)(H2,39,40,44). The molecule has 4 N–H and O–H groups in total. The van der Waals surface area contributed by atoms with Crippen molar-refractivity contribution in [2.75, 3.05) is 36.6 Å². The number of hydrogen-bond acceptors (Lipinski definition) is 6. The first-order valence-corrected chi connectivity index (χ1v) is 14.1. The number of nitrogens with zero attached hydrogens (tertiary/aromatic N) is 4. The number of urea groups is 1. The summed E-state index contributed by atoms with van der Waals surface area (Å²) in [4.78, 5) is 30.7. The van der Waals surface area contributed by atoms with Crippen molar-refractivity contribution in [3.63, 3.8) is 0 Å². The summed E-state index contributed by atoms with van der Waals surface area (Å²) in [7, 11) is 1.52. The monoisotopic (exact) mass is 631 g/mol. The number of anilines is 3. The molecule has 1 aliphatic heterocycles. The number of hydrogen-bond donors (Lipinski definition) is 3. The lowest BCUT2D eigenvalue weighted by atomic mass is 9.89. The summed E-state index contributed by atoms with van der Waals surface area (Å²) in [6, 6.07) is 4.36. The third kappa shape index (κ3) is 6.38. The molecule has 10 nitrogen and oxygen atoms in total. The van der Waals surface area contributed by atoms with E-state index in [1.165, 1.54) is 25.6 Å². The van der Waals surface area contributed by atoms with Crippen LogP contribution < -0.4 is 16.4 Å². The van der Waals surface area contributed by atoms with Gasteiger partial charge >= 0.3 is 12.2 Å². The second-order valence-electron chi connectivity index (χ2n) is 10.6. The highest BCUT2D eigenvalue weighted by Gasteiger charge is 2.33. The Hall–Kier alpha value is -4.79. The number of nitrogens with two attached hydrogens (primary N) is 1. The number of halogens is 5. The fraction of sp³-hybridized carbons (Fsp3) is 0.333. The van der Waals surface area contributed by atoms with Crippen LogP contribution in [0.25, 0.3) is 16.6 Å². The third-order valence-corrected chi connectivity index (χ3v) is 7.77. The molecule has 2 aromatic heterocycles. The minimum absolute atomic E-state index is 0.0164. The molecule has 0 saturated carbocycles. The van der Waals surface area contributed by atoms with Crippen LogP contribution in [0.4, 0.5) is 43.9 Å². The molecule has 3 amide bonds. The first-order chi connectivity index (χ1) is 21.4. The average Bonchev–Trinajstić information content (AvgIpc) is 3.33. The molecule has 1 saturated heterocycles. The molecule has 4 aromatic rings. The number of benzene rings is 2. The zero-order valence-corrected chi connectivity index (χ0v) is 24.3. The number of nitrogen functional groups attached to an aromatic ring is 1. The SMILES string of the molecule is CCC(=O)N1CCC(c2c(COC)c(-c3ccc(NC(=O)Nc4cc(C(F)(F)F)ccc4F)c(F)c3)c3c(N)ncnn23)CC1. The van der Waals surface area contributed by atoms with E-state index in [1.807, 2.05) is 17.1 Å². The van der Waals surface area contributed by atoms with Gasteiger partial charge in [-0.3, -0.25) is 4.79 Å². The number of likely N-dealkylation sites (tertiary alicyclic amines) is 1. The summed E-state index contributed by atoms with van der Waals surface area (Å²) in [5.74, 6) is -1.77. The van der Waals surface area contributed by atoms with Gasteiger partial charge < -0.3 is 26.0 Å². The first kappa shape index (κ1) is 31.6. The van der Waals surface area contributed by atoms with Crippen LogP contribution in [0.3, 0.4) is 0 Å². The predicted octanol–water partition coefficient (Wildman–Crippen LogP) is 6.18. The van der Waals surface area contributed by atoms with Crippen LogP contribution in [-0.2, 0) is 22.3 Å². The van der Waals surface area contributed by atoms with Crippen molar-refractivity contribution < 1.29 is 36.3 Å². The lowest BCUT2D eigenvalue weighted by Gasteiger charge is -2.32. The first-order valence-electron chi connectivity index (χ1n) is 14.1. The molecule has 0 spiro atoms.